The molecule has 3 heterocycles. The number of fused-ring (bicyclic) bond motifs is 1. The number of anilines is 1. The van der Waals surface area contributed by atoms with Crippen molar-refractivity contribution in [2.75, 3.05) is 12.4 Å². The number of aryl methyl sites for hydroxylation is 3. The van der Waals surface area contributed by atoms with Crippen LogP contribution in [0.25, 0.3) is 22.4 Å². The van der Waals surface area contributed by atoms with Crippen LogP contribution in [0, 0.1) is 13.8 Å². The van der Waals surface area contributed by atoms with Gasteiger partial charge in [-0.15, -0.1) is 5.10 Å². The fourth-order valence-electron chi connectivity index (χ4n) is 3.68. The van der Waals surface area contributed by atoms with Crippen molar-refractivity contribution in [1.82, 2.24) is 19.7 Å². The number of amides is 1. The van der Waals surface area contributed by atoms with E-state index in [1.165, 1.54) is 6.39 Å². The molecule has 8 nitrogen and oxygen atoms in total. The van der Waals surface area contributed by atoms with Crippen LogP contribution >= 0.6 is 0 Å². The van der Waals surface area contributed by atoms with Gasteiger partial charge in [-0.25, -0.2) is 14.6 Å². The number of oxazole rings is 1. The number of aromatic nitrogens is 4. The van der Waals surface area contributed by atoms with E-state index in [0.29, 0.717) is 30.2 Å². The highest BCUT2D eigenvalue weighted by Crippen LogP contribution is 2.30. The van der Waals surface area contributed by atoms with Gasteiger partial charge in [-0.1, -0.05) is 12.1 Å². The highest BCUT2D eigenvalue weighted by atomic mass is 16.5. The highest BCUT2D eigenvalue weighted by Gasteiger charge is 2.18. The molecule has 0 bridgehead atoms. The van der Waals surface area contributed by atoms with Crippen LogP contribution in [-0.4, -0.2) is 32.8 Å². The maximum atomic E-state index is 12.6. The van der Waals surface area contributed by atoms with Crippen molar-refractivity contribution in [1.29, 1.82) is 0 Å². The molecule has 8 heteroatoms. The Hall–Kier alpha value is -3.68. The number of nitrogens with one attached hydrogen (secondary N) is 1. The molecule has 4 aromatic rings. The van der Waals surface area contributed by atoms with Gasteiger partial charge < -0.3 is 14.5 Å². The van der Waals surface area contributed by atoms with Gasteiger partial charge in [0.2, 0.25) is 11.8 Å². The summed E-state index contributed by atoms with van der Waals surface area (Å²) in [6.07, 6.45) is 3.94. The third-order valence-electron chi connectivity index (χ3n) is 5.18. The summed E-state index contributed by atoms with van der Waals surface area (Å²) in [6, 6.07) is 7.49. The maximum Gasteiger partial charge on any atom is 0.242 e. The first kappa shape index (κ1) is 19.6. The van der Waals surface area contributed by atoms with Gasteiger partial charge in [0, 0.05) is 30.4 Å². The van der Waals surface area contributed by atoms with Crippen molar-refractivity contribution in [3.63, 3.8) is 0 Å². The molecule has 1 N–H and O–H groups in total. The van der Waals surface area contributed by atoms with Crippen molar-refractivity contribution in [2.45, 2.75) is 26.7 Å². The molecule has 0 saturated carbocycles. The third-order valence-corrected chi connectivity index (χ3v) is 5.18. The zero-order valence-electron chi connectivity index (χ0n) is 17.4. The molecular weight excluding hydrogens is 382 g/mol. The standard InChI is InChI=1S/C22H23N5O3/c1-13-17(14(2)24-21-20(13)22(29-4)26-27(21)3)8-9-19(28)25-16-7-5-6-15(10-16)18-11-23-12-30-18/h5-7,10-12H,8-9H2,1-4H3,(H,25,28). The molecule has 0 aliphatic carbocycles. The van der Waals surface area contributed by atoms with E-state index in [-0.39, 0.29) is 5.91 Å². The Balaban J connectivity index is 1.50. The van der Waals surface area contributed by atoms with E-state index in [0.717, 1.165) is 33.4 Å². The number of methoxy groups -OCH3 is 1. The Morgan fingerprint density at radius 2 is 2.13 bits per heavy atom. The monoisotopic (exact) mass is 405 g/mol. The lowest BCUT2D eigenvalue weighted by atomic mass is 10.00. The van der Waals surface area contributed by atoms with Crippen molar-refractivity contribution in [3.05, 3.63) is 53.7 Å². The van der Waals surface area contributed by atoms with E-state index in [4.69, 9.17) is 9.15 Å². The predicted molar refractivity (Wildman–Crippen MR) is 113 cm³/mol. The molecule has 0 saturated heterocycles. The van der Waals surface area contributed by atoms with Crippen LogP contribution in [0.15, 0.2) is 41.3 Å². The summed E-state index contributed by atoms with van der Waals surface area (Å²) < 4.78 is 12.4. The SMILES string of the molecule is COc1nn(C)c2nc(C)c(CCC(=O)Nc3cccc(-c4cnco4)c3)c(C)c12. The van der Waals surface area contributed by atoms with Crippen LogP contribution in [0.1, 0.15) is 23.2 Å². The van der Waals surface area contributed by atoms with Crippen molar-refractivity contribution in [2.24, 2.45) is 7.05 Å². The average Bonchev–Trinajstić information content (AvgIpc) is 3.36. The topological polar surface area (TPSA) is 95.1 Å². The van der Waals surface area contributed by atoms with E-state index in [9.17, 15) is 4.79 Å². The van der Waals surface area contributed by atoms with Gasteiger partial charge in [0.1, 0.15) is 0 Å². The Morgan fingerprint density at radius 1 is 1.30 bits per heavy atom. The summed E-state index contributed by atoms with van der Waals surface area (Å²) in [6.45, 7) is 3.98. The van der Waals surface area contributed by atoms with E-state index in [1.807, 2.05) is 45.2 Å². The van der Waals surface area contributed by atoms with Crippen LogP contribution in [0.4, 0.5) is 5.69 Å². The van der Waals surface area contributed by atoms with E-state index < -0.39 is 0 Å². The fourth-order valence-corrected chi connectivity index (χ4v) is 3.68. The summed E-state index contributed by atoms with van der Waals surface area (Å²) in [5.41, 5.74) is 5.33. The minimum atomic E-state index is -0.0678. The minimum Gasteiger partial charge on any atom is -0.479 e. The molecular formula is C22H23N5O3. The molecule has 1 amide bonds. The number of carbonyl (C=O) groups excluding carboxylic acids is 1. The number of nitrogens with zero attached hydrogens (tertiary/aromatic N) is 4. The lowest BCUT2D eigenvalue weighted by Gasteiger charge is -2.11. The minimum absolute atomic E-state index is 0.0678. The van der Waals surface area contributed by atoms with Crippen LogP contribution in [0.3, 0.4) is 0 Å². The average molecular weight is 405 g/mol. The zero-order valence-corrected chi connectivity index (χ0v) is 17.4. The lowest BCUT2D eigenvalue weighted by molar-refractivity contribution is -0.116. The molecule has 0 aliphatic rings. The number of ether oxygens (including phenoxy) is 1. The molecule has 1 aromatic carbocycles. The third kappa shape index (κ3) is 3.63. The van der Waals surface area contributed by atoms with Crippen molar-refractivity contribution >= 4 is 22.6 Å². The van der Waals surface area contributed by atoms with Gasteiger partial charge in [0.05, 0.1) is 18.7 Å². The molecule has 0 radical (unpaired) electrons. The second-order valence-electron chi connectivity index (χ2n) is 7.13. The van der Waals surface area contributed by atoms with E-state index in [2.05, 4.69) is 20.4 Å². The summed E-state index contributed by atoms with van der Waals surface area (Å²) in [5.74, 6) is 1.14. The number of hydrogen-bond donors (Lipinski definition) is 1. The van der Waals surface area contributed by atoms with Crippen LogP contribution in [0.2, 0.25) is 0 Å². The Labute approximate surface area is 173 Å². The molecule has 3 aromatic heterocycles. The fraction of sp³-hybridized carbons (Fsp3) is 0.273. The van der Waals surface area contributed by atoms with Gasteiger partial charge in [0.15, 0.2) is 17.8 Å². The number of carbonyl (C=O) groups is 1. The van der Waals surface area contributed by atoms with Gasteiger partial charge in [-0.3, -0.25) is 4.79 Å². The zero-order chi connectivity index (χ0) is 21.3. The smallest absolute Gasteiger partial charge is 0.242 e. The first-order valence-electron chi connectivity index (χ1n) is 9.63. The van der Waals surface area contributed by atoms with Crippen LogP contribution in [0.5, 0.6) is 5.88 Å². The molecule has 0 spiro atoms. The van der Waals surface area contributed by atoms with Crippen LogP contribution in [-0.2, 0) is 18.3 Å². The number of hydrogen-bond acceptors (Lipinski definition) is 6. The second kappa shape index (κ2) is 7.98. The lowest BCUT2D eigenvalue weighted by Crippen LogP contribution is -2.13. The number of benzene rings is 1. The quantitative estimate of drug-likeness (QED) is 0.524. The normalized spacial score (nSPS) is 11.1. The summed E-state index contributed by atoms with van der Waals surface area (Å²) >= 11 is 0. The van der Waals surface area contributed by atoms with Crippen molar-refractivity contribution in [3.8, 4) is 17.2 Å². The molecule has 30 heavy (non-hydrogen) atoms. The van der Waals surface area contributed by atoms with Crippen LogP contribution < -0.4 is 10.1 Å². The largest absolute Gasteiger partial charge is 0.479 e. The molecule has 0 atom stereocenters. The Bertz CT molecular complexity index is 1210. The molecule has 154 valence electrons. The molecule has 0 unspecified atom stereocenters. The summed E-state index contributed by atoms with van der Waals surface area (Å²) in [5, 5.41) is 8.22. The van der Waals surface area contributed by atoms with Crippen molar-refractivity contribution < 1.29 is 13.9 Å². The van der Waals surface area contributed by atoms with Gasteiger partial charge in [-0.05, 0) is 43.5 Å². The van der Waals surface area contributed by atoms with E-state index in [1.54, 1.807) is 18.0 Å². The summed E-state index contributed by atoms with van der Waals surface area (Å²) in [7, 11) is 3.44. The Morgan fingerprint density at radius 3 is 2.87 bits per heavy atom. The first-order chi connectivity index (χ1) is 14.5. The molecule has 0 aliphatic heterocycles. The van der Waals surface area contributed by atoms with Gasteiger partial charge in [0.25, 0.3) is 0 Å². The van der Waals surface area contributed by atoms with E-state index >= 15 is 0 Å². The maximum absolute atomic E-state index is 12.6. The number of rotatable bonds is 6. The second-order valence-corrected chi connectivity index (χ2v) is 7.13. The summed E-state index contributed by atoms with van der Waals surface area (Å²) in [4.78, 5) is 21.2. The van der Waals surface area contributed by atoms with Gasteiger partial charge >= 0.3 is 0 Å². The predicted octanol–water partition coefficient (Wildman–Crippen LogP) is 3.82. The van der Waals surface area contributed by atoms with Gasteiger partial charge in [-0.2, -0.15) is 0 Å². The highest BCUT2D eigenvalue weighted by molar-refractivity contribution is 5.92. The number of pyridine rings is 1. The Kier molecular flexibility index (Phi) is 5.22. The molecule has 0 fully saturated rings. The first-order valence-corrected chi connectivity index (χ1v) is 9.63. The molecule has 4 rings (SSSR count).